The molecular weight excluding hydrogens is 581 g/mol. The lowest BCUT2D eigenvalue weighted by Crippen LogP contribution is -2.14. The Hall–Kier alpha value is -5.70. The van der Waals surface area contributed by atoms with Crippen LogP contribution in [0.5, 0.6) is 0 Å². The maximum atomic E-state index is 9.56. The van der Waals surface area contributed by atoms with E-state index < -0.39 is 0 Å². The van der Waals surface area contributed by atoms with Crippen LogP contribution in [0.3, 0.4) is 0 Å². The molecule has 0 saturated heterocycles. The number of fused-ring (bicyclic) bond motifs is 6. The molecule has 5 aromatic carbocycles. The monoisotopic (exact) mass is 606 g/mol. The predicted octanol–water partition coefficient (Wildman–Crippen LogP) is 9.99. The Morgan fingerprint density at radius 1 is 0.674 bits per heavy atom. The normalized spacial score (nSPS) is 16.6. The minimum absolute atomic E-state index is 0.0975. The highest BCUT2D eigenvalue weighted by Crippen LogP contribution is 2.55. The first-order valence-corrected chi connectivity index (χ1v) is 16.3. The lowest BCUT2D eigenvalue weighted by molar-refractivity contribution is 0.838. The van der Waals surface area contributed by atoms with Gasteiger partial charge in [-0.2, -0.15) is 5.26 Å². The number of rotatable bonds is 4. The Morgan fingerprint density at radius 3 is 2.15 bits per heavy atom. The van der Waals surface area contributed by atoms with Crippen molar-refractivity contribution in [1.29, 1.82) is 5.26 Å². The molecular formula is C41H26N4S. The smallest absolute Gasteiger partial charge is 0.160 e. The van der Waals surface area contributed by atoms with Crippen LogP contribution in [0.25, 0.3) is 55.7 Å². The Bertz CT molecular complexity index is 2380. The molecule has 5 heteroatoms. The number of hydrogen-bond donors (Lipinski definition) is 0. The highest BCUT2D eigenvalue weighted by atomic mass is 32.2. The second-order valence-electron chi connectivity index (χ2n) is 11.7. The molecule has 9 rings (SSSR count). The highest BCUT2D eigenvalue weighted by Gasteiger charge is 2.40. The van der Waals surface area contributed by atoms with Gasteiger partial charge in [0.1, 0.15) is 0 Å². The van der Waals surface area contributed by atoms with Gasteiger partial charge in [-0.3, -0.25) is 0 Å². The molecule has 0 saturated carbocycles. The van der Waals surface area contributed by atoms with Gasteiger partial charge in [-0.25, -0.2) is 9.97 Å². The van der Waals surface area contributed by atoms with E-state index in [1.54, 1.807) is 0 Å². The van der Waals surface area contributed by atoms with E-state index >= 15 is 0 Å². The van der Waals surface area contributed by atoms with E-state index in [-0.39, 0.29) is 11.2 Å². The van der Waals surface area contributed by atoms with Gasteiger partial charge < -0.3 is 4.57 Å². The Balaban J connectivity index is 1.16. The van der Waals surface area contributed by atoms with Gasteiger partial charge in [0.05, 0.1) is 38.9 Å². The Labute approximate surface area is 271 Å². The quantitative estimate of drug-likeness (QED) is 0.200. The third kappa shape index (κ3) is 4.23. The molecule has 3 heterocycles. The van der Waals surface area contributed by atoms with Crippen LogP contribution in [0.4, 0.5) is 0 Å². The molecule has 1 aliphatic carbocycles. The van der Waals surface area contributed by atoms with Crippen molar-refractivity contribution in [3.8, 4) is 34.4 Å². The third-order valence-corrected chi connectivity index (χ3v) is 10.4. The van der Waals surface area contributed by atoms with Crippen LogP contribution in [0, 0.1) is 11.3 Å². The predicted molar refractivity (Wildman–Crippen MR) is 188 cm³/mol. The molecule has 0 bridgehead atoms. The minimum atomic E-state index is 0.0975. The summed E-state index contributed by atoms with van der Waals surface area (Å²) in [6.45, 7) is 0. The van der Waals surface area contributed by atoms with Crippen LogP contribution in [0.15, 0.2) is 151 Å². The molecule has 0 radical (unpaired) electrons. The fourth-order valence-electron chi connectivity index (χ4n) is 6.91. The highest BCUT2D eigenvalue weighted by molar-refractivity contribution is 8.00. The summed E-state index contributed by atoms with van der Waals surface area (Å²) in [6.07, 6.45) is 6.72. The molecule has 2 atom stereocenters. The van der Waals surface area contributed by atoms with E-state index in [0.29, 0.717) is 11.4 Å². The summed E-state index contributed by atoms with van der Waals surface area (Å²) in [5, 5.41) is 12.2. The summed E-state index contributed by atoms with van der Waals surface area (Å²) in [4.78, 5) is 11.5. The van der Waals surface area contributed by atoms with E-state index in [1.165, 1.54) is 32.9 Å². The lowest BCUT2D eigenvalue weighted by atomic mass is 9.87. The number of benzene rings is 5. The van der Waals surface area contributed by atoms with E-state index in [0.717, 1.165) is 33.1 Å². The zero-order valence-corrected chi connectivity index (χ0v) is 25.5. The molecule has 46 heavy (non-hydrogen) atoms. The van der Waals surface area contributed by atoms with Crippen molar-refractivity contribution in [2.24, 2.45) is 0 Å². The SMILES string of the molecule is N#Cc1cccc(-c2nc(-c3ccccc3)c3c(n2)C2C=CC=C(c4cccc(-n5c6ccccc6c6ccccc65)c4)C2S3)c1. The fraction of sp³-hybridized carbons (Fsp3) is 0.0488. The van der Waals surface area contributed by atoms with Crippen molar-refractivity contribution < 1.29 is 0 Å². The van der Waals surface area contributed by atoms with Gasteiger partial charge in [-0.15, -0.1) is 11.8 Å². The summed E-state index contributed by atoms with van der Waals surface area (Å²) >= 11 is 1.86. The van der Waals surface area contributed by atoms with Crippen molar-refractivity contribution in [2.45, 2.75) is 16.1 Å². The number of nitriles is 1. The van der Waals surface area contributed by atoms with Crippen molar-refractivity contribution in [3.63, 3.8) is 0 Å². The van der Waals surface area contributed by atoms with Crippen molar-refractivity contribution in [2.75, 3.05) is 0 Å². The standard InChI is InChI=1S/C41H26N4S/c42-25-26-11-8-15-29(23-26)41-43-37(27-12-2-1-3-13-27)40-38(44-41)34-20-10-19-31(39(34)46-40)28-14-9-16-30(24-28)45-35-21-6-4-17-32(35)33-18-5-7-22-36(33)45/h1-24,34,39H. The van der Waals surface area contributed by atoms with Gasteiger partial charge in [-0.1, -0.05) is 109 Å². The van der Waals surface area contributed by atoms with Crippen molar-refractivity contribution in [1.82, 2.24) is 14.5 Å². The Kier molecular flexibility index (Phi) is 6.22. The molecule has 0 spiro atoms. The van der Waals surface area contributed by atoms with Crippen LogP contribution >= 0.6 is 11.8 Å². The number of hydrogen-bond acceptors (Lipinski definition) is 4. The molecule has 7 aromatic rings. The summed E-state index contributed by atoms with van der Waals surface area (Å²) in [5.74, 6) is 0.745. The largest absolute Gasteiger partial charge is 0.309 e. The van der Waals surface area contributed by atoms with Gasteiger partial charge in [0.25, 0.3) is 0 Å². The van der Waals surface area contributed by atoms with Gasteiger partial charge in [0.15, 0.2) is 5.82 Å². The Morgan fingerprint density at radius 2 is 1.37 bits per heavy atom. The number of aromatic nitrogens is 3. The number of nitrogens with zero attached hydrogens (tertiary/aromatic N) is 4. The first-order valence-electron chi connectivity index (χ1n) is 15.4. The maximum Gasteiger partial charge on any atom is 0.160 e. The van der Waals surface area contributed by atoms with Crippen molar-refractivity contribution in [3.05, 3.63) is 162 Å². The van der Waals surface area contributed by atoms with Crippen LogP contribution in [0.2, 0.25) is 0 Å². The van der Waals surface area contributed by atoms with Gasteiger partial charge in [0, 0.05) is 38.8 Å². The van der Waals surface area contributed by atoms with Crippen molar-refractivity contribution >= 4 is 39.1 Å². The van der Waals surface area contributed by atoms with E-state index in [2.05, 4.69) is 126 Å². The molecule has 216 valence electrons. The zero-order valence-electron chi connectivity index (χ0n) is 24.7. The molecule has 4 nitrogen and oxygen atoms in total. The van der Waals surface area contributed by atoms with Gasteiger partial charge >= 0.3 is 0 Å². The molecule has 2 unspecified atom stereocenters. The first-order chi connectivity index (χ1) is 22.8. The third-order valence-electron chi connectivity index (χ3n) is 8.99. The van der Waals surface area contributed by atoms with Crippen LogP contribution in [-0.4, -0.2) is 19.8 Å². The topological polar surface area (TPSA) is 54.5 Å². The second kappa shape index (κ2) is 10.7. The van der Waals surface area contributed by atoms with Gasteiger partial charge in [0.2, 0.25) is 0 Å². The van der Waals surface area contributed by atoms with Crippen LogP contribution in [0.1, 0.15) is 22.7 Å². The minimum Gasteiger partial charge on any atom is -0.309 e. The van der Waals surface area contributed by atoms with Gasteiger partial charge in [-0.05, 0) is 47.5 Å². The molecule has 2 aliphatic rings. The molecule has 0 fully saturated rings. The van der Waals surface area contributed by atoms with Crippen LogP contribution in [-0.2, 0) is 0 Å². The molecule has 0 amide bonds. The number of thioether (sulfide) groups is 1. The van der Waals surface area contributed by atoms with Crippen LogP contribution < -0.4 is 0 Å². The molecule has 1 aliphatic heterocycles. The summed E-state index contributed by atoms with van der Waals surface area (Å²) in [5.41, 5.74) is 10.5. The fourth-order valence-corrected chi connectivity index (χ4v) is 8.45. The van der Waals surface area contributed by atoms with E-state index in [9.17, 15) is 5.26 Å². The van der Waals surface area contributed by atoms with E-state index in [4.69, 9.17) is 9.97 Å². The number of allylic oxidation sites excluding steroid dienone is 3. The number of para-hydroxylation sites is 2. The summed E-state index contributed by atoms with van der Waals surface area (Å²) in [6, 6.07) is 46.4. The average molecular weight is 607 g/mol. The molecule has 0 N–H and O–H groups in total. The maximum absolute atomic E-state index is 9.56. The summed E-state index contributed by atoms with van der Waals surface area (Å²) in [7, 11) is 0. The average Bonchev–Trinajstić information content (AvgIpc) is 3.68. The van der Waals surface area contributed by atoms with E-state index in [1.807, 2.05) is 42.1 Å². The first kappa shape index (κ1) is 26.7. The summed E-state index contributed by atoms with van der Waals surface area (Å²) < 4.78 is 2.38. The zero-order chi connectivity index (χ0) is 30.6. The lowest BCUT2D eigenvalue weighted by Gasteiger charge is -2.23. The molecule has 2 aromatic heterocycles. The second-order valence-corrected chi connectivity index (χ2v) is 12.8.